The van der Waals surface area contributed by atoms with Gasteiger partial charge < -0.3 is 14.5 Å². The Labute approximate surface area is 157 Å². The Balaban J connectivity index is 1.61. The number of amides is 1. The minimum atomic E-state index is -0.519. The number of nitrogens with one attached hydrogen (secondary N) is 1. The summed E-state index contributed by atoms with van der Waals surface area (Å²) in [7, 11) is 1.56. The highest BCUT2D eigenvalue weighted by atomic mass is 32.2. The molecule has 0 fully saturated rings. The van der Waals surface area contributed by atoms with Crippen molar-refractivity contribution in [2.75, 3.05) is 18.2 Å². The first-order chi connectivity index (χ1) is 13.1. The zero-order chi connectivity index (χ0) is 19.2. The Morgan fingerprint density at radius 3 is 2.67 bits per heavy atom. The molecule has 0 unspecified atom stereocenters. The molecule has 138 valence electrons. The van der Waals surface area contributed by atoms with Crippen LogP contribution < -0.4 is 10.1 Å². The number of hydrogen-bond donors (Lipinski definition) is 1. The topological polar surface area (TPSA) is 120 Å². The Bertz CT molecular complexity index is 958. The number of nitrogens with zero attached hydrogens (tertiary/aromatic N) is 3. The maximum Gasteiger partial charge on any atom is 0.282 e. The van der Waals surface area contributed by atoms with E-state index in [2.05, 4.69) is 15.5 Å². The highest BCUT2D eigenvalue weighted by Crippen LogP contribution is 2.30. The van der Waals surface area contributed by atoms with Crippen molar-refractivity contribution in [3.8, 4) is 17.2 Å². The van der Waals surface area contributed by atoms with Crippen molar-refractivity contribution in [2.24, 2.45) is 0 Å². The minimum Gasteiger partial charge on any atom is -0.497 e. The van der Waals surface area contributed by atoms with Crippen LogP contribution >= 0.6 is 11.8 Å². The van der Waals surface area contributed by atoms with Crippen LogP contribution in [0.2, 0.25) is 0 Å². The lowest BCUT2D eigenvalue weighted by molar-refractivity contribution is -0.384. The molecule has 0 spiro atoms. The van der Waals surface area contributed by atoms with Gasteiger partial charge in [-0.2, -0.15) is 0 Å². The monoisotopic (exact) mass is 386 g/mol. The fourth-order valence-corrected chi connectivity index (χ4v) is 2.75. The number of para-hydroxylation sites is 1. The van der Waals surface area contributed by atoms with Gasteiger partial charge in [-0.15, -0.1) is 10.2 Å². The maximum atomic E-state index is 12.0. The predicted octanol–water partition coefficient (Wildman–Crippen LogP) is 3.38. The summed E-state index contributed by atoms with van der Waals surface area (Å²) >= 11 is 1.04. The standard InChI is InChI=1S/C17H14N4O5S/c1-25-12-8-6-11(7-9-12)18-15(22)10-27-17-20-19-16(26-17)13-4-2-3-5-14(13)21(23)24/h2-9H,10H2,1H3,(H,18,22). The first-order valence-corrected chi connectivity index (χ1v) is 8.69. The van der Waals surface area contributed by atoms with Crippen LogP contribution in [0.1, 0.15) is 0 Å². The number of hydrogen-bond acceptors (Lipinski definition) is 8. The normalized spacial score (nSPS) is 10.4. The molecule has 1 heterocycles. The van der Waals surface area contributed by atoms with Crippen molar-refractivity contribution in [2.45, 2.75) is 5.22 Å². The lowest BCUT2D eigenvalue weighted by atomic mass is 10.2. The van der Waals surface area contributed by atoms with Crippen LogP contribution in [0.5, 0.6) is 5.75 Å². The number of nitro benzene ring substituents is 1. The van der Waals surface area contributed by atoms with Gasteiger partial charge in [0.1, 0.15) is 11.3 Å². The quantitative estimate of drug-likeness (QED) is 0.373. The van der Waals surface area contributed by atoms with E-state index in [-0.39, 0.29) is 34.0 Å². The molecule has 10 heteroatoms. The molecule has 1 aromatic heterocycles. The van der Waals surface area contributed by atoms with E-state index in [4.69, 9.17) is 9.15 Å². The number of methoxy groups -OCH3 is 1. The average Bonchev–Trinajstić information content (AvgIpc) is 3.16. The van der Waals surface area contributed by atoms with Crippen molar-refractivity contribution in [3.63, 3.8) is 0 Å². The summed E-state index contributed by atoms with van der Waals surface area (Å²) in [5, 5.41) is 21.6. The summed E-state index contributed by atoms with van der Waals surface area (Å²) < 4.78 is 10.5. The molecule has 27 heavy (non-hydrogen) atoms. The minimum absolute atomic E-state index is 0.0281. The third kappa shape index (κ3) is 4.61. The highest BCUT2D eigenvalue weighted by molar-refractivity contribution is 7.99. The van der Waals surface area contributed by atoms with E-state index >= 15 is 0 Å². The first kappa shape index (κ1) is 18.4. The molecule has 0 atom stereocenters. The van der Waals surface area contributed by atoms with Gasteiger partial charge in [-0.3, -0.25) is 14.9 Å². The van der Waals surface area contributed by atoms with Gasteiger partial charge in [0, 0.05) is 11.8 Å². The van der Waals surface area contributed by atoms with Gasteiger partial charge in [0.05, 0.1) is 17.8 Å². The van der Waals surface area contributed by atoms with Crippen LogP contribution in [0.15, 0.2) is 58.2 Å². The Hall–Kier alpha value is -3.40. The summed E-state index contributed by atoms with van der Waals surface area (Å²) in [4.78, 5) is 22.6. The highest BCUT2D eigenvalue weighted by Gasteiger charge is 2.20. The van der Waals surface area contributed by atoms with E-state index in [9.17, 15) is 14.9 Å². The molecule has 0 aliphatic heterocycles. The predicted molar refractivity (Wildman–Crippen MR) is 98.7 cm³/mol. The number of thioether (sulfide) groups is 1. The summed E-state index contributed by atoms with van der Waals surface area (Å²) in [5.41, 5.74) is 0.729. The van der Waals surface area contributed by atoms with Crippen molar-refractivity contribution in [1.82, 2.24) is 10.2 Å². The molecule has 2 aromatic carbocycles. The van der Waals surface area contributed by atoms with Crippen LogP contribution in [-0.2, 0) is 4.79 Å². The van der Waals surface area contributed by atoms with Gasteiger partial charge in [-0.1, -0.05) is 23.9 Å². The van der Waals surface area contributed by atoms with Crippen LogP contribution in [-0.4, -0.2) is 33.9 Å². The molecular weight excluding hydrogens is 372 g/mol. The van der Waals surface area contributed by atoms with Gasteiger partial charge in [0.25, 0.3) is 16.8 Å². The average molecular weight is 386 g/mol. The molecule has 9 nitrogen and oxygen atoms in total. The fraction of sp³-hybridized carbons (Fsp3) is 0.118. The van der Waals surface area contributed by atoms with Gasteiger partial charge >= 0.3 is 0 Å². The number of ether oxygens (including phenoxy) is 1. The smallest absolute Gasteiger partial charge is 0.282 e. The van der Waals surface area contributed by atoms with Crippen LogP contribution in [0.4, 0.5) is 11.4 Å². The van der Waals surface area contributed by atoms with Gasteiger partial charge in [-0.25, -0.2) is 0 Å². The summed E-state index contributed by atoms with van der Waals surface area (Å²) in [6.45, 7) is 0. The second-order valence-electron chi connectivity index (χ2n) is 5.21. The zero-order valence-electron chi connectivity index (χ0n) is 14.1. The molecule has 0 radical (unpaired) electrons. The van der Waals surface area contributed by atoms with E-state index in [0.717, 1.165) is 11.8 Å². The number of rotatable bonds is 7. The molecule has 0 saturated heterocycles. The molecule has 1 amide bonds. The SMILES string of the molecule is COc1ccc(NC(=O)CSc2nnc(-c3ccccc3[N+](=O)[O-])o2)cc1. The van der Waals surface area contributed by atoms with E-state index in [1.807, 2.05) is 0 Å². The van der Waals surface area contributed by atoms with Gasteiger partial charge in [0.15, 0.2) is 0 Å². The molecule has 0 aliphatic rings. The van der Waals surface area contributed by atoms with E-state index in [0.29, 0.717) is 11.4 Å². The third-order valence-corrected chi connectivity index (χ3v) is 4.26. The summed E-state index contributed by atoms with van der Waals surface area (Å²) in [5.74, 6) is 0.511. The number of benzene rings is 2. The number of anilines is 1. The molecule has 1 N–H and O–H groups in total. The number of carbonyl (C=O) groups excluding carboxylic acids is 1. The molecular formula is C17H14N4O5S. The van der Waals surface area contributed by atoms with Gasteiger partial charge in [0.2, 0.25) is 5.91 Å². The molecule has 0 saturated carbocycles. The Morgan fingerprint density at radius 1 is 1.22 bits per heavy atom. The Kier molecular flexibility index (Phi) is 5.67. The van der Waals surface area contributed by atoms with Crippen molar-refractivity contribution >= 4 is 29.0 Å². The largest absolute Gasteiger partial charge is 0.497 e. The van der Waals surface area contributed by atoms with E-state index in [1.165, 1.54) is 12.1 Å². The Morgan fingerprint density at radius 2 is 1.96 bits per heavy atom. The maximum absolute atomic E-state index is 12.0. The molecule has 3 aromatic rings. The third-order valence-electron chi connectivity index (χ3n) is 3.44. The van der Waals surface area contributed by atoms with Crippen LogP contribution in [0, 0.1) is 10.1 Å². The second-order valence-corrected chi connectivity index (χ2v) is 6.14. The lowest BCUT2D eigenvalue weighted by Gasteiger charge is -2.05. The zero-order valence-corrected chi connectivity index (χ0v) is 14.9. The van der Waals surface area contributed by atoms with Crippen molar-refractivity contribution in [3.05, 3.63) is 58.6 Å². The lowest BCUT2D eigenvalue weighted by Crippen LogP contribution is -2.13. The second kappa shape index (κ2) is 8.32. The van der Waals surface area contributed by atoms with E-state index in [1.54, 1.807) is 43.5 Å². The van der Waals surface area contributed by atoms with Crippen molar-refractivity contribution in [1.29, 1.82) is 0 Å². The summed E-state index contributed by atoms with van der Waals surface area (Å²) in [6.07, 6.45) is 0. The van der Waals surface area contributed by atoms with Crippen LogP contribution in [0.3, 0.4) is 0 Å². The molecule has 0 aliphatic carbocycles. The number of aromatic nitrogens is 2. The molecule has 0 bridgehead atoms. The fourth-order valence-electron chi connectivity index (χ4n) is 2.19. The molecule has 3 rings (SSSR count). The van der Waals surface area contributed by atoms with Crippen LogP contribution in [0.25, 0.3) is 11.5 Å². The van der Waals surface area contributed by atoms with Crippen molar-refractivity contribution < 1.29 is 18.9 Å². The van der Waals surface area contributed by atoms with Gasteiger partial charge in [-0.05, 0) is 30.3 Å². The first-order valence-electron chi connectivity index (χ1n) is 7.71. The number of carbonyl (C=O) groups is 1. The van der Waals surface area contributed by atoms with E-state index < -0.39 is 4.92 Å². The number of nitro groups is 1. The summed E-state index contributed by atoms with van der Waals surface area (Å²) in [6, 6.07) is 13.0.